The Kier molecular flexibility index (Phi) is 3.15. The van der Waals surface area contributed by atoms with Gasteiger partial charge >= 0.3 is 0 Å². The Labute approximate surface area is 121 Å². The molecule has 0 saturated heterocycles. The highest BCUT2D eigenvalue weighted by molar-refractivity contribution is 6.44. The third-order valence-electron chi connectivity index (χ3n) is 3.52. The first kappa shape index (κ1) is 12.8. The molecule has 0 N–H and O–H groups in total. The van der Waals surface area contributed by atoms with Crippen molar-refractivity contribution in [3.8, 4) is 0 Å². The largest absolute Gasteiger partial charge is 0.306 e. The van der Waals surface area contributed by atoms with Gasteiger partial charge < -0.3 is 4.90 Å². The minimum Gasteiger partial charge on any atom is -0.306 e. The van der Waals surface area contributed by atoms with E-state index in [1.54, 1.807) is 11.0 Å². The lowest BCUT2D eigenvalue weighted by Gasteiger charge is -2.18. The fourth-order valence-electron chi connectivity index (χ4n) is 2.60. The number of carbonyl (C=O) groups is 1. The molecule has 1 amide bonds. The summed E-state index contributed by atoms with van der Waals surface area (Å²) < 4.78 is 0. The summed E-state index contributed by atoms with van der Waals surface area (Å²) >= 11 is 12.5. The molecule has 0 radical (unpaired) electrons. The molecule has 2 aromatic carbocycles. The molecule has 1 aliphatic rings. The predicted octanol–water partition coefficient (Wildman–Crippen LogP) is 4.91. The average molecular weight is 294 g/mol. The number of halogens is 2. The highest BCUT2D eigenvalue weighted by Gasteiger charge is 2.31. The van der Waals surface area contributed by atoms with Crippen molar-refractivity contribution in [1.29, 1.82) is 0 Å². The van der Waals surface area contributed by atoms with E-state index in [4.69, 9.17) is 23.2 Å². The molecule has 98 valence electrons. The Morgan fingerprint density at radius 2 is 2.00 bits per heavy atom. The number of hydrogen-bond donors (Lipinski definition) is 0. The SMILES string of the molecule is CCCCN1C(=O)c2cccc3c(Cl)cc(Cl)c1c23. The minimum absolute atomic E-state index is 0.0261. The summed E-state index contributed by atoms with van der Waals surface area (Å²) in [7, 11) is 0. The number of benzene rings is 2. The van der Waals surface area contributed by atoms with E-state index < -0.39 is 0 Å². The van der Waals surface area contributed by atoms with E-state index in [0.29, 0.717) is 22.2 Å². The summed E-state index contributed by atoms with van der Waals surface area (Å²) in [5.41, 5.74) is 1.52. The van der Waals surface area contributed by atoms with Crippen LogP contribution in [0.25, 0.3) is 10.8 Å². The maximum atomic E-state index is 12.5. The molecule has 2 aromatic rings. The van der Waals surface area contributed by atoms with Gasteiger partial charge in [-0.3, -0.25) is 4.79 Å². The summed E-state index contributed by atoms with van der Waals surface area (Å²) in [5, 5.41) is 2.93. The summed E-state index contributed by atoms with van der Waals surface area (Å²) in [5.74, 6) is 0.0261. The topological polar surface area (TPSA) is 20.3 Å². The summed E-state index contributed by atoms with van der Waals surface area (Å²) in [6, 6.07) is 7.36. The van der Waals surface area contributed by atoms with Crippen LogP contribution in [0.3, 0.4) is 0 Å². The van der Waals surface area contributed by atoms with Gasteiger partial charge in [-0.1, -0.05) is 48.7 Å². The fraction of sp³-hybridized carbons (Fsp3) is 0.267. The lowest BCUT2D eigenvalue weighted by atomic mass is 10.1. The maximum absolute atomic E-state index is 12.5. The third kappa shape index (κ3) is 1.82. The highest BCUT2D eigenvalue weighted by Crippen LogP contribution is 2.45. The van der Waals surface area contributed by atoms with Crippen molar-refractivity contribution < 1.29 is 4.79 Å². The van der Waals surface area contributed by atoms with Gasteiger partial charge in [0.1, 0.15) is 0 Å². The molecule has 0 aromatic heterocycles. The number of amides is 1. The standard InChI is InChI=1S/C15H13Cl2NO/c1-2-3-7-18-14-12(17)8-11(16)9-5-4-6-10(13(9)14)15(18)19/h4-6,8H,2-3,7H2,1H3. The smallest absolute Gasteiger partial charge is 0.259 e. The van der Waals surface area contributed by atoms with Crippen molar-refractivity contribution in [1.82, 2.24) is 0 Å². The fourth-order valence-corrected chi connectivity index (χ4v) is 3.23. The molecule has 3 rings (SSSR count). The first-order chi connectivity index (χ1) is 9.15. The first-order valence-corrected chi connectivity index (χ1v) is 7.13. The van der Waals surface area contributed by atoms with Crippen LogP contribution in [0.15, 0.2) is 24.3 Å². The van der Waals surface area contributed by atoms with Crippen LogP contribution in [0.5, 0.6) is 0 Å². The lowest BCUT2D eigenvalue weighted by Crippen LogP contribution is -2.27. The molecular formula is C15H13Cl2NO. The number of anilines is 1. The molecule has 2 nitrogen and oxygen atoms in total. The molecule has 19 heavy (non-hydrogen) atoms. The molecule has 0 bridgehead atoms. The van der Waals surface area contributed by atoms with Gasteiger partial charge in [0.05, 0.1) is 15.7 Å². The summed E-state index contributed by atoms with van der Waals surface area (Å²) in [6.45, 7) is 2.80. The normalized spacial score (nSPS) is 13.6. The van der Waals surface area contributed by atoms with Crippen molar-refractivity contribution >= 4 is 45.6 Å². The van der Waals surface area contributed by atoms with Crippen molar-refractivity contribution in [2.45, 2.75) is 19.8 Å². The van der Waals surface area contributed by atoms with E-state index >= 15 is 0 Å². The van der Waals surface area contributed by atoms with E-state index in [1.807, 2.05) is 18.2 Å². The number of carbonyl (C=O) groups excluding carboxylic acids is 1. The molecule has 0 saturated carbocycles. The maximum Gasteiger partial charge on any atom is 0.259 e. The second kappa shape index (κ2) is 4.69. The summed E-state index contributed by atoms with van der Waals surface area (Å²) in [6.07, 6.45) is 1.99. The van der Waals surface area contributed by atoms with Crippen molar-refractivity contribution in [2.75, 3.05) is 11.4 Å². The first-order valence-electron chi connectivity index (χ1n) is 6.37. The van der Waals surface area contributed by atoms with Gasteiger partial charge in [-0.05, 0) is 18.6 Å². The van der Waals surface area contributed by atoms with Gasteiger partial charge in [-0.25, -0.2) is 0 Å². The van der Waals surface area contributed by atoms with Crippen molar-refractivity contribution in [3.05, 3.63) is 39.9 Å². The third-order valence-corrected chi connectivity index (χ3v) is 4.12. The van der Waals surface area contributed by atoms with Gasteiger partial charge in [0.25, 0.3) is 5.91 Å². The Morgan fingerprint density at radius 3 is 2.74 bits per heavy atom. The van der Waals surface area contributed by atoms with E-state index in [2.05, 4.69) is 6.92 Å². The second-order valence-electron chi connectivity index (χ2n) is 4.73. The van der Waals surface area contributed by atoms with Crippen LogP contribution in [0.2, 0.25) is 10.0 Å². The van der Waals surface area contributed by atoms with E-state index in [0.717, 1.165) is 29.3 Å². The zero-order chi connectivity index (χ0) is 13.6. The molecule has 0 spiro atoms. The van der Waals surface area contributed by atoms with Crippen LogP contribution < -0.4 is 4.90 Å². The highest BCUT2D eigenvalue weighted by atomic mass is 35.5. The van der Waals surface area contributed by atoms with E-state index in [-0.39, 0.29) is 5.91 Å². The second-order valence-corrected chi connectivity index (χ2v) is 5.54. The molecule has 0 aliphatic carbocycles. The van der Waals surface area contributed by atoms with Crippen LogP contribution in [0, 0.1) is 0 Å². The molecular weight excluding hydrogens is 281 g/mol. The zero-order valence-electron chi connectivity index (χ0n) is 10.5. The van der Waals surface area contributed by atoms with E-state index in [1.165, 1.54) is 0 Å². The van der Waals surface area contributed by atoms with Crippen LogP contribution in [-0.2, 0) is 0 Å². The van der Waals surface area contributed by atoms with Gasteiger partial charge in [0.2, 0.25) is 0 Å². The van der Waals surface area contributed by atoms with Gasteiger partial charge in [0.15, 0.2) is 0 Å². The predicted molar refractivity (Wildman–Crippen MR) is 80.6 cm³/mol. The minimum atomic E-state index is 0.0261. The van der Waals surface area contributed by atoms with Crippen molar-refractivity contribution in [3.63, 3.8) is 0 Å². The van der Waals surface area contributed by atoms with Gasteiger partial charge in [-0.2, -0.15) is 0 Å². The average Bonchev–Trinajstić information content (AvgIpc) is 2.68. The molecule has 0 unspecified atom stereocenters. The number of unbranched alkanes of at least 4 members (excludes halogenated alkanes) is 1. The van der Waals surface area contributed by atoms with Crippen LogP contribution in [-0.4, -0.2) is 12.5 Å². The molecule has 0 fully saturated rings. The Balaban J connectivity index is 2.28. The van der Waals surface area contributed by atoms with Gasteiger partial charge in [0, 0.05) is 22.9 Å². The Morgan fingerprint density at radius 1 is 1.21 bits per heavy atom. The van der Waals surface area contributed by atoms with Crippen LogP contribution >= 0.6 is 23.2 Å². The molecule has 1 heterocycles. The molecule has 4 heteroatoms. The number of hydrogen-bond acceptors (Lipinski definition) is 1. The van der Waals surface area contributed by atoms with Crippen LogP contribution in [0.1, 0.15) is 30.1 Å². The zero-order valence-corrected chi connectivity index (χ0v) is 12.1. The van der Waals surface area contributed by atoms with Crippen LogP contribution in [0.4, 0.5) is 5.69 Å². The Bertz CT molecular complexity index is 681. The van der Waals surface area contributed by atoms with Crippen molar-refractivity contribution in [2.24, 2.45) is 0 Å². The lowest BCUT2D eigenvalue weighted by molar-refractivity contribution is 0.0993. The molecule has 0 atom stereocenters. The number of nitrogens with zero attached hydrogens (tertiary/aromatic N) is 1. The monoisotopic (exact) mass is 293 g/mol. The van der Waals surface area contributed by atoms with E-state index in [9.17, 15) is 4.79 Å². The summed E-state index contributed by atoms with van der Waals surface area (Å²) in [4.78, 5) is 14.2. The number of rotatable bonds is 3. The van der Waals surface area contributed by atoms with Gasteiger partial charge in [-0.15, -0.1) is 0 Å². The Hall–Kier alpha value is -1.25. The molecule has 1 aliphatic heterocycles. The quantitative estimate of drug-likeness (QED) is 0.788.